The number of nitrogens with zero attached hydrogens (tertiary/aromatic N) is 3. The Morgan fingerprint density at radius 3 is 2.58 bits per heavy atom. The number of hydrogen-bond donors (Lipinski definition) is 2. The Labute approximate surface area is 241 Å². The summed E-state index contributed by atoms with van der Waals surface area (Å²) in [6.07, 6.45) is 0.681. The van der Waals surface area contributed by atoms with Crippen molar-refractivity contribution < 1.29 is 27.5 Å². The second-order valence-electron chi connectivity index (χ2n) is 9.47. The van der Waals surface area contributed by atoms with E-state index in [1.54, 1.807) is 61.0 Å². The van der Waals surface area contributed by atoms with E-state index in [4.69, 9.17) is 33.7 Å². The van der Waals surface area contributed by atoms with E-state index in [1.165, 1.54) is 0 Å². The van der Waals surface area contributed by atoms with Gasteiger partial charge in [0.2, 0.25) is 0 Å². The van der Waals surface area contributed by atoms with E-state index in [9.17, 15) is 22.8 Å². The van der Waals surface area contributed by atoms with Crippen molar-refractivity contribution in [3.8, 4) is 0 Å². The maximum atomic E-state index is 13.8. The summed E-state index contributed by atoms with van der Waals surface area (Å²) >= 11 is 12.6. The molecule has 0 aliphatic carbocycles. The summed E-state index contributed by atoms with van der Waals surface area (Å²) in [7, 11) is -1.53. The van der Waals surface area contributed by atoms with Crippen LogP contribution in [0, 0.1) is 0 Å². The molecule has 0 bridgehead atoms. The highest BCUT2D eigenvalue weighted by molar-refractivity contribution is 7.87. The summed E-state index contributed by atoms with van der Waals surface area (Å²) in [5, 5.41) is 4.26. The lowest BCUT2D eigenvalue weighted by Crippen LogP contribution is -2.60. The van der Waals surface area contributed by atoms with E-state index in [0.29, 0.717) is 43.7 Å². The minimum Gasteiger partial charge on any atom is -0.462 e. The lowest BCUT2D eigenvalue weighted by molar-refractivity contribution is 0.0526. The van der Waals surface area contributed by atoms with E-state index in [0.717, 1.165) is 11.4 Å². The van der Waals surface area contributed by atoms with Crippen LogP contribution in [0.3, 0.4) is 0 Å². The summed E-state index contributed by atoms with van der Waals surface area (Å²) in [6.45, 7) is 1.73. The normalized spacial score (nSPS) is 17.9. The first-order chi connectivity index (χ1) is 18.8. The number of ether oxygens (including phenoxy) is 1. The quantitative estimate of drug-likeness (QED) is 0.391. The molecule has 4 rings (SSSR count). The minimum atomic E-state index is -4.30. The number of benzene rings is 2. The summed E-state index contributed by atoms with van der Waals surface area (Å²) in [6, 6.07) is 10.3. The highest BCUT2D eigenvalue weighted by Crippen LogP contribution is 2.36. The van der Waals surface area contributed by atoms with E-state index in [-0.39, 0.29) is 31.0 Å². The van der Waals surface area contributed by atoms with Crippen molar-refractivity contribution in [1.29, 1.82) is 0 Å². The Balaban J connectivity index is 1.81. The second-order valence-corrected chi connectivity index (χ2v) is 12.2. The van der Waals surface area contributed by atoms with E-state index in [2.05, 4.69) is 5.32 Å². The van der Waals surface area contributed by atoms with Crippen LogP contribution in [0.5, 0.6) is 0 Å². The molecule has 11 nitrogen and oxygen atoms in total. The lowest BCUT2D eigenvalue weighted by atomic mass is 9.82. The van der Waals surface area contributed by atoms with Crippen LogP contribution in [-0.4, -0.2) is 66.2 Å². The van der Waals surface area contributed by atoms with Gasteiger partial charge in [0.05, 0.1) is 27.8 Å². The van der Waals surface area contributed by atoms with Crippen LogP contribution in [0.15, 0.2) is 42.5 Å². The number of carbonyl (C=O) groups is 3. The molecular formula is C26H29Cl2N5O6S. The molecule has 0 saturated carbocycles. The van der Waals surface area contributed by atoms with Gasteiger partial charge < -0.3 is 20.4 Å². The van der Waals surface area contributed by atoms with Gasteiger partial charge in [-0.05, 0) is 55.7 Å². The maximum Gasteiger partial charge on any atom is 0.338 e. The fourth-order valence-corrected chi connectivity index (χ4v) is 6.61. The van der Waals surface area contributed by atoms with Gasteiger partial charge in [0.25, 0.3) is 5.91 Å². The first kappa shape index (κ1) is 29.7. The molecule has 0 radical (unpaired) electrons. The van der Waals surface area contributed by atoms with Crippen molar-refractivity contribution in [1.82, 2.24) is 18.5 Å². The predicted molar refractivity (Wildman–Crippen MR) is 152 cm³/mol. The molecule has 3 N–H and O–H groups in total. The van der Waals surface area contributed by atoms with Gasteiger partial charge in [-0.15, -0.1) is 0 Å². The number of aryl methyl sites for hydroxylation is 1. The number of halogens is 2. The Bertz CT molecular complexity index is 1610. The monoisotopic (exact) mass is 609 g/mol. The van der Waals surface area contributed by atoms with Crippen LogP contribution >= 0.6 is 23.2 Å². The minimum absolute atomic E-state index is 0.0945. The number of nitrogens with one attached hydrogen (secondary N) is 1. The van der Waals surface area contributed by atoms with Crippen molar-refractivity contribution >= 4 is 62.2 Å². The van der Waals surface area contributed by atoms with Gasteiger partial charge >= 0.3 is 22.2 Å². The zero-order valence-electron chi connectivity index (χ0n) is 22.1. The third kappa shape index (κ3) is 5.36. The fraction of sp³-hybridized carbons (Fsp3) is 0.346. The van der Waals surface area contributed by atoms with Gasteiger partial charge in [0.15, 0.2) is 0 Å². The number of rotatable bonds is 7. The van der Waals surface area contributed by atoms with E-state index >= 15 is 0 Å². The predicted octanol–water partition coefficient (Wildman–Crippen LogP) is 3.64. The molecule has 3 aromatic rings. The molecule has 214 valence electrons. The van der Waals surface area contributed by atoms with Crippen LogP contribution in [0.4, 0.5) is 4.79 Å². The largest absolute Gasteiger partial charge is 0.462 e. The molecule has 1 aliphatic heterocycles. The van der Waals surface area contributed by atoms with Crippen molar-refractivity contribution in [2.75, 3.05) is 26.7 Å². The molecule has 2 aromatic carbocycles. The number of primary amides is 1. The summed E-state index contributed by atoms with van der Waals surface area (Å²) < 4.78 is 34.8. The molecule has 1 atom stereocenters. The van der Waals surface area contributed by atoms with Crippen LogP contribution < -0.4 is 11.1 Å². The van der Waals surface area contributed by atoms with Crippen LogP contribution in [-0.2, 0) is 27.5 Å². The topological polar surface area (TPSA) is 144 Å². The van der Waals surface area contributed by atoms with Crippen LogP contribution in [0.25, 0.3) is 10.9 Å². The molecule has 14 heteroatoms. The lowest BCUT2D eigenvalue weighted by Gasteiger charge is -2.43. The smallest absolute Gasteiger partial charge is 0.338 e. The molecule has 0 spiro atoms. The van der Waals surface area contributed by atoms with Gasteiger partial charge in [0.1, 0.15) is 5.69 Å². The van der Waals surface area contributed by atoms with Crippen LogP contribution in [0.1, 0.15) is 46.2 Å². The second kappa shape index (κ2) is 11.3. The van der Waals surface area contributed by atoms with Crippen LogP contribution in [0.2, 0.25) is 10.0 Å². The average Bonchev–Trinajstić information content (AvgIpc) is 3.27. The zero-order chi connectivity index (χ0) is 29.4. The van der Waals surface area contributed by atoms with Gasteiger partial charge in [-0.25, -0.2) is 13.9 Å². The Hall–Kier alpha value is -3.32. The molecule has 1 aromatic heterocycles. The molecule has 1 aliphatic rings. The Kier molecular flexibility index (Phi) is 8.36. The molecule has 2 heterocycles. The summed E-state index contributed by atoms with van der Waals surface area (Å²) in [4.78, 5) is 38.1. The number of aromatic nitrogens is 1. The van der Waals surface area contributed by atoms with Crippen molar-refractivity contribution in [2.45, 2.75) is 25.3 Å². The molecule has 40 heavy (non-hydrogen) atoms. The number of amides is 3. The number of esters is 1. The van der Waals surface area contributed by atoms with Gasteiger partial charge in [-0.2, -0.15) is 12.7 Å². The van der Waals surface area contributed by atoms with E-state index < -0.39 is 33.7 Å². The molecule has 3 amide bonds. The standard InChI is InChI=1S/C26H29Cl2N5O6S/c1-4-39-24(35)16-7-5-8-17(13-16)26(11-6-12-33(15-26)40(37,38)32(3)25(29)36)30-23(34)21-14-18-20(31(21)2)10-9-19(27)22(18)28/h5,7-10,13-14H,4,6,11-12,15H2,1-3H3,(H2,29,36)(H,30,34). The number of fused-ring (bicyclic) bond motifs is 1. The first-order valence-corrected chi connectivity index (χ1v) is 14.5. The van der Waals surface area contributed by atoms with Crippen molar-refractivity contribution in [3.63, 3.8) is 0 Å². The van der Waals surface area contributed by atoms with Gasteiger partial charge in [0, 0.05) is 38.1 Å². The third-order valence-electron chi connectivity index (χ3n) is 7.07. The molecule has 1 unspecified atom stereocenters. The number of piperidine rings is 1. The number of urea groups is 1. The molecular weight excluding hydrogens is 581 g/mol. The number of hydrogen-bond acceptors (Lipinski definition) is 6. The van der Waals surface area contributed by atoms with E-state index in [1.807, 2.05) is 0 Å². The Morgan fingerprint density at radius 1 is 1.18 bits per heavy atom. The Morgan fingerprint density at radius 2 is 1.90 bits per heavy atom. The van der Waals surface area contributed by atoms with Crippen molar-refractivity contribution in [2.24, 2.45) is 12.8 Å². The molecule has 1 saturated heterocycles. The number of nitrogens with two attached hydrogens (primary N) is 1. The highest BCUT2D eigenvalue weighted by atomic mass is 35.5. The number of carbonyl (C=O) groups excluding carboxylic acids is 3. The fourth-order valence-electron chi connectivity index (χ4n) is 4.92. The third-order valence-corrected chi connectivity index (χ3v) is 9.72. The average molecular weight is 611 g/mol. The van der Waals surface area contributed by atoms with Gasteiger partial charge in [-0.3, -0.25) is 4.79 Å². The first-order valence-electron chi connectivity index (χ1n) is 12.4. The summed E-state index contributed by atoms with van der Waals surface area (Å²) in [5.74, 6) is -1.06. The van der Waals surface area contributed by atoms with Gasteiger partial charge in [-0.1, -0.05) is 35.3 Å². The highest BCUT2D eigenvalue weighted by Gasteiger charge is 2.44. The summed E-state index contributed by atoms with van der Waals surface area (Å²) in [5.41, 5.74) is 5.65. The maximum absolute atomic E-state index is 13.8. The molecule has 1 fully saturated rings. The SMILES string of the molecule is CCOC(=O)c1cccc(C2(NC(=O)c3cc4c(Cl)c(Cl)ccc4n3C)CCCN(S(=O)(=O)N(C)C(N)=O)C2)c1. The zero-order valence-corrected chi connectivity index (χ0v) is 24.4. The van der Waals surface area contributed by atoms with Crippen molar-refractivity contribution in [3.05, 3.63) is 69.3 Å².